The quantitative estimate of drug-likeness (QED) is 0.741. The van der Waals surface area contributed by atoms with Gasteiger partial charge in [0.1, 0.15) is 5.82 Å². The number of hydrogen-bond donors (Lipinski definition) is 1. The Kier molecular flexibility index (Phi) is 5.93. The van der Waals surface area contributed by atoms with Crippen LogP contribution in [0.25, 0.3) is 0 Å². The molecule has 0 bridgehead atoms. The molecule has 2 aromatic rings. The number of carbonyl (C=O) groups is 1. The van der Waals surface area contributed by atoms with Crippen LogP contribution in [0.2, 0.25) is 0 Å². The van der Waals surface area contributed by atoms with E-state index >= 15 is 0 Å². The summed E-state index contributed by atoms with van der Waals surface area (Å²) in [5.74, 6) is 0.503. The van der Waals surface area contributed by atoms with Crippen molar-refractivity contribution in [3.8, 4) is 11.5 Å². The molecule has 0 aliphatic carbocycles. The smallest absolute Gasteiger partial charge is 0.227 e. The molecule has 2 heterocycles. The number of amides is 1. The summed E-state index contributed by atoms with van der Waals surface area (Å²) in [5, 5.41) is 10.1. The number of halogens is 1. The molecule has 4 rings (SSSR count). The van der Waals surface area contributed by atoms with Crippen molar-refractivity contribution in [3.05, 3.63) is 53.8 Å². The maximum Gasteiger partial charge on any atom is 0.227 e. The van der Waals surface area contributed by atoms with Gasteiger partial charge in [0, 0.05) is 31.2 Å². The molecule has 2 aliphatic heterocycles. The lowest BCUT2D eigenvalue weighted by molar-refractivity contribution is -0.117. The van der Waals surface area contributed by atoms with Gasteiger partial charge >= 0.3 is 0 Å². The first-order chi connectivity index (χ1) is 14.8. The lowest BCUT2D eigenvalue weighted by atomic mass is 9.81. The van der Waals surface area contributed by atoms with Crippen LogP contribution in [-0.2, 0) is 11.3 Å². The second-order valence-corrected chi connectivity index (χ2v) is 9.17. The van der Waals surface area contributed by atoms with Gasteiger partial charge in [0.25, 0.3) is 0 Å². The SMILES string of the molecule is CC(C)Oc1cc(CN2CC[C@]3(CCC(=O)N3c3ccc(F)cc3)C[C@@H]2C)ccc1O. The first-order valence-electron chi connectivity index (χ1n) is 11.1. The molecule has 5 nitrogen and oxygen atoms in total. The molecule has 2 aromatic carbocycles. The van der Waals surface area contributed by atoms with Crippen LogP contribution < -0.4 is 9.64 Å². The average molecular weight is 427 g/mol. The number of hydrogen-bond acceptors (Lipinski definition) is 4. The maximum absolute atomic E-state index is 13.4. The van der Waals surface area contributed by atoms with Gasteiger partial charge in [-0.1, -0.05) is 6.07 Å². The van der Waals surface area contributed by atoms with E-state index < -0.39 is 0 Å². The number of phenols is 1. The van der Waals surface area contributed by atoms with Gasteiger partial charge in [-0.05, 0) is 82.0 Å². The molecule has 0 saturated carbocycles. The van der Waals surface area contributed by atoms with Crippen molar-refractivity contribution in [2.24, 2.45) is 0 Å². The molecule has 1 spiro atoms. The van der Waals surface area contributed by atoms with E-state index in [1.165, 1.54) is 12.1 Å². The van der Waals surface area contributed by atoms with E-state index in [0.717, 1.165) is 43.6 Å². The van der Waals surface area contributed by atoms with Crippen LogP contribution in [0.15, 0.2) is 42.5 Å². The normalized spacial score (nSPS) is 24.4. The summed E-state index contributed by atoms with van der Waals surface area (Å²) in [7, 11) is 0. The Hall–Kier alpha value is -2.60. The minimum atomic E-state index is -0.289. The van der Waals surface area contributed by atoms with Gasteiger partial charge in [0.15, 0.2) is 11.5 Å². The number of carbonyl (C=O) groups excluding carboxylic acids is 1. The van der Waals surface area contributed by atoms with Gasteiger partial charge < -0.3 is 14.7 Å². The molecule has 31 heavy (non-hydrogen) atoms. The molecule has 2 saturated heterocycles. The van der Waals surface area contributed by atoms with Crippen LogP contribution >= 0.6 is 0 Å². The second-order valence-electron chi connectivity index (χ2n) is 9.17. The van der Waals surface area contributed by atoms with Crippen molar-refractivity contribution >= 4 is 11.6 Å². The predicted octanol–water partition coefficient (Wildman–Crippen LogP) is 4.87. The number of aromatic hydroxyl groups is 1. The molecule has 1 N–H and O–H groups in total. The number of rotatable bonds is 5. The highest BCUT2D eigenvalue weighted by atomic mass is 19.1. The third kappa shape index (κ3) is 4.40. The Labute approximate surface area is 183 Å². The van der Waals surface area contributed by atoms with Crippen molar-refractivity contribution in [2.75, 3.05) is 11.4 Å². The third-order valence-electron chi connectivity index (χ3n) is 6.55. The summed E-state index contributed by atoms with van der Waals surface area (Å²) in [6.45, 7) is 7.71. The highest BCUT2D eigenvalue weighted by Crippen LogP contribution is 2.44. The number of nitrogens with zero attached hydrogens (tertiary/aromatic N) is 2. The van der Waals surface area contributed by atoms with Crippen LogP contribution in [0.1, 0.15) is 52.0 Å². The minimum absolute atomic E-state index is 0.00716. The van der Waals surface area contributed by atoms with Gasteiger partial charge in [0.05, 0.1) is 11.6 Å². The van der Waals surface area contributed by atoms with Crippen LogP contribution in [0.5, 0.6) is 11.5 Å². The zero-order chi connectivity index (χ0) is 22.2. The summed E-state index contributed by atoms with van der Waals surface area (Å²) in [4.78, 5) is 17.1. The number of anilines is 1. The Morgan fingerprint density at radius 2 is 1.94 bits per heavy atom. The predicted molar refractivity (Wildman–Crippen MR) is 119 cm³/mol. The van der Waals surface area contributed by atoms with Gasteiger partial charge in [-0.2, -0.15) is 0 Å². The van der Waals surface area contributed by atoms with E-state index in [2.05, 4.69) is 11.8 Å². The van der Waals surface area contributed by atoms with Gasteiger partial charge in [0.2, 0.25) is 5.91 Å². The topological polar surface area (TPSA) is 53.0 Å². The van der Waals surface area contributed by atoms with Gasteiger partial charge in [-0.3, -0.25) is 9.69 Å². The van der Waals surface area contributed by atoms with E-state index in [1.807, 2.05) is 30.9 Å². The minimum Gasteiger partial charge on any atom is -0.504 e. The Balaban J connectivity index is 1.49. The monoisotopic (exact) mass is 426 g/mol. The molecule has 166 valence electrons. The highest BCUT2D eigenvalue weighted by molar-refractivity contribution is 5.97. The van der Waals surface area contributed by atoms with E-state index in [0.29, 0.717) is 12.2 Å². The number of phenolic OH excluding ortho intramolecular Hbond substituents is 1. The Morgan fingerprint density at radius 1 is 1.19 bits per heavy atom. The molecule has 1 amide bonds. The number of benzene rings is 2. The molecule has 6 heteroatoms. The lowest BCUT2D eigenvalue weighted by Crippen LogP contribution is -2.56. The first kappa shape index (κ1) is 21.6. The molecule has 2 aliphatic rings. The summed E-state index contributed by atoms with van der Waals surface area (Å²) >= 11 is 0. The zero-order valence-corrected chi connectivity index (χ0v) is 18.5. The fourth-order valence-electron chi connectivity index (χ4n) is 5.09. The summed E-state index contributed by atoms with van der Waals surface area (Å²) in [5.41, 5.74) is 1.68. The van der Waals surface area contributed by atoms with Crippen LogP contribution in [0.3, 0.4) is 0 Å². The molecule has 2 atom stereocenters. The number of ether oxygens (including phenoxy) is 1. The maximum atomic E-state index is 13.4. The van der Waals surface area contributed by atoms with Crippen molar-refractivity contribution in [2.45, 2.75) is 70.7 Å². The zero-order valence-electron chi connectivity index (χ0n) is 18.5. The first-order valence-corrected chi connectivity index (χ1v) is 11.1. The molecular weight excluding hydrogens is 395 g/mol. The van der Waals surface area contributed by atoms with E-state index in [9.17, 15) is 14.3 Å². The van der Waals surface area contributed by atoms with Crippen molar-refractivity contribution < 1.29 is 19.0 Å². The number of likely N-dealkylation sites (tertiary alicyclic amines) is 1. The van der Waals surface area contributed by atoms with E-state index in [1.54, 1.807) is 18.2 Å². The second kappa shape index (κ2) is 8.50. The molecule has 0 radical (unpaired) electrons. The lowest BCUT2D eigenvalue weighted by Gasteiger charge is -2.48. The van der Waals surface area contributed by atoms with Crippen molar-refractivity contribution in [1.29, 1.82) is 0 Å². The molecule has 0 unspecified atom stereocenters. The Morgan fingerprint density at radius 3 is 2.61 bits per heavy atom. The van der Waals surface area contributed by atoms with Crippen molar-refractivity contribution in [1.82, 2.24) is 4.90 Å². The molecular formula is C25H31FN2O3. The summed E-state index contributed by atoms with van der Waals surface area (Å²) < 4.78 is 19.1. The largest absolute Gasteiger partial charge is 0.504 e. The summed E-state index contributed by atoms with van der Waals surface area (Å²) in [6.07, 6.45) is 3.13. The van der Waals surface area contributed by atoms with E-state index in [-0.39, 0.29) is 35.2 Å². The number of piperidine rings is 1. The fraction of sp³-hybridized carbons (Fsp3) is 0.480. The fourth-order valence-corrected chi connectivity index (χ4v) is 5.09. The van der Waals surface area contributed by atoms with E-state index in [4.69, 9.17) is 4.74 Å². The molecule has 0 aromatic heterocycles. The molecule has 2 fully saturated rings. The van der Waals surface area contributed by atoms with Gasteiger partial charge in [-0.15, -0.1) is 0 Å². The third-order valence-corrected chi connectivity index (χ3v) is 6.55. The van der Waals surface area contributed by atoms with Crippen LogP contribution in [0, 0.1) is 5.82 Å². The van der Waals surface area contributed by atoms with Gasteiger partial charge in [-0.25, -0.2) is 4.39 Å². The standard InChI is InChI=1S/C25H31FN2O3/c1-17(2)31-23-14-19(4-9-22(23)29)16-27-13-12-25(15-18(27)3)11-10-24(30)28(25)21-7-5-20(26)6-8-21/h4-9,14,17-18,29H,10-13,15-16H2,1-3H3/t18-,25+/m0/s1. The highest BCUT2D eigenvalue weighted by Gasteiger charge is 2.49. The van der Waals surface area contributed by atoms with Crippen LogP contribution in [-0.4, -0.2) is 40.1 Å². The van der Waals surface area contributed by atoms with Crippen LogP contribution in [0.4, 0.5) is 10.1 Å². The average Bonchev–Trinajstić information content (AvgIpc) is 3.03. The van der Waals surface area contributed by atoms with Crippen molar-refractivity contribution in [3.63, 3.8) is 0 Å². The summed E-state index contributed by atoms with van der Waals surface area (Å²) in [6, 6.07) is 12.1. The Bertz CT molecular complexity index is 946.